The second-order valence-corrected chi connectivity index (χ2v) is 35.1. The molecule has 7 heteroatoms. The summed E-state index contributed by atoms with van der Waals surface area (Å²) in [5, 5.41) is 12.9. The number of imidazole rings is 1. The Morgan fingerprint density at radius 2 is 0.792 bits per heavy atom. The second-order valence-electron chi connectivity index (χ2n) is 27.5. The van der Waals surface area contributed by atoms with Crippen molar-refractivity contribution < 1.29 is 9.30 Å². The van der Waals surface area contributed by atoms with Crippen molar-refractivity contribution in [2.45, 2.75) is 26.2 Å². The molecular formula is C94H70N4OSi2. The zero-order valence-corrected chi connectivity index (χ0v) is 58.4. The number of para-hydroxylation sites is 3. The number of rotatable bonds is 13. The summed E-state index contributed by atoms with van der Waals surface area (Å²) >= 11 is 0. The lowest BCUT2D eigenvalue weighted by atomic mass is 9.88. The van der Waals surface area contributed by atoms with Gasteiger partial charge in [0.15, 0.2) is 16.1 Å². The first-order valence-corrected chi connectivity index (χ1v) is 38.8. The standard InChI is InChI=1S/C94H70N4OSi2/c1-94(2,3)67-59-60-95-91(61-67)98-88-49-25-24-45-83(88)84-57-53-70(63-90(84)98)99-69-30-26-29-68(62-69)96-65-97-92-79(66-51-54-77(55-52-66)100(71-31-10-4-11-32-71,72-33-12-5-13-34-72)73-35-14-6-15-36-73)46-27-47-85(92)82-58-56-78(64-87(82)81-44-23-22-43-80(81)86-48-28-50-89(96)93(86)97)101(74-37-16-7-17-38-74,75-39-18-8-19-40-75)76-41-20-9-21-42-76/h4-64H,1-3H3. The van der Waals surface area contributed by atoms with Crippen LogP contribution in [0.3, 0.4) is 0 Å². The highest BCUT2D eigenvalue weighted by Crippen LogP contribution is 2.46. The van der Waals surface area contributed by atoms with E-state index < -0.39 is 16.1 Å². The van der Waals surface area contributed by atoms with Crippen LogP contribution in [0, 0.1) is 6.33 Å². The van der Waals surface area contributed by atoms with E-state index in [4.69, 9.17) is 9.72 Å². The number of benzene rings is 14. The number of pyridine rings is 1. The van der Waals surface area contributed by atoms with E-state index in [1.54, 1.807) is 0 Å². The molecule has 0 bridgehead atoms. The Hall–Kier alpha value is -12.3. The Morgan fingerprint density at radius 3 is 1.40 bits per heavy atom. The van der Waals surface area contributed by atoms with Crippen molar-refractivity contribution in [1.29, 1.82) is 0 Å². The van der Waals surface area contributed by atoms with Crippen LogP contribution in [0.5, 0.6) is 11.5 Å². The highest BCUT2D eigenvalue weighted by atomic mass is 28.3. The van der Waals surface area contributed by atoms with E-state index in [0.29, 0.717) is 5.75 Å². The Kier molecular flexibility index (Phi) is 15.1. The van der Waals surface area contributed by atoms with E-state index in [0.717, 1.165) is 94.7 Å². The molecule has 1 aliphatic heterocycles. The number of fused-ring (bicyclic) bond motifs is 10. The molecule has 0 saturated carbocycles. The SMILES string of the molecule is CC(C)(C)c1ccnc(-n2c3ccccc3c3ccc(Oc4cccc(-n5[c-][n+]6c7c(cccc75)-c5ccccc5-c5cc([Si](c7ccccc7)(c7ccccc7)c7ccccc7)ccc5-c5cccc(-c7ccc([Si](c8ccccc8)(c8ccccc8)c8ccccc8)cc7)c5-6)c4)cc32)c1. The van der Waals surface area contributed by atoms with Crippen molar-refractivity contribution in [2.24, 2.45) is 0 Å². The van der Waals surface area contributed by atoms with Gasteiger partial charge in [-0.1, -0.05) is 330 Å². The third-order valence-corrected chi connectivity index (χ3v) is 30.4. The highest BCUT2D eigenvalue weighted by Gasteiger charge is 2.43. The van der Waals surface area contributed by atoms with Crippen molar-refractivity contribution in [3.63, 3.8) is 0 Å². The van der Waals surface area contributed by atoms with Crippen LogP contribution < -0.4 is 50.8 Å². The van der Waals surface area contributed by atoms with E-state index in [1.165, 1.54) is 52.6 Å². The van der Waals surface area contributed by atoms with Gasteiger partial charge in [-0.15, -0.1) is 0 Å². The monoisotopic (exact) mass is 1330 g/mol. The lowest BCUT2D eigenvalue weighted by Crippen LogP contribution is -2.74. The van der Waals surface area contributed by atoms with Crippen molar-refractivity contribution >= 4 is 90.5 Å². The lowest BCUT2D eigenvalue weighted by molar-refractivity contribution is -0.570. The lowest BCUT2D eigenvalue weighted by Gasteiger charge is -2.35. The van der Waals surface area contributed by atoms with Gasteiger partial charge in [-0.25, -0.2) is 4.98 Å². The molecule has 0 amide bonds. The molecule has 480 valence electrons. The van der Waals surface area contributed by atoms with E-state index >= 15 is 0 Å². The summed E-state index contributed by atoms with van der Waals surface area (Å²) in [6.45, 7) is 6.74. The first-order chi connectivity index (χ1) is 49.7. The minimum Gasteiger partial charge on any atom is -0.458 e. The van der Waals surface area contributed by atoms with Gasteiger partial charge >= 0.3 is 0 Å². The van der Waals surface area contributed by atoms with Gasteiger partial charge in [0.25, 0.3) is 6.33 Å². The van der Waals surface area contributed by atoms with Gasteiger partial charge in [-0.2, -0.15) is 0 Å². The van der Waals surface area contributed by atoms with Crippen LogP contribution in [-0.4, -0.2) is 30.3 Å². The Balaban J connectivity index is 0.857. The van der Waals surface area contributed by atoms with Crippen LogP contribution in [0.4, 0.5) is 0 Å². The molecule has 3 aromatic heterocycles. The quantitative estimate of drug-likeness (QED) is 0.0499. The summed E-state index contributed by atoms with van der Waals surface area (Å²) in [5.41, 5.74) is 16.2. The molecule has 17 aromatic rings. The van der Waals surface area contributed by atoms with Crippen LogP contribution in [0.1, 0.15) is 26.3 Å². The summed E-state index contributed by atoms with van der Waals surface area (Å²) < 4.78 is 13.9. The van der Waals surface area contributed by atoms with Crippen molar-refractivity contribution in [3.05, 3.63) is 382 Å². The number of aromatic nitrogens is 4. The molecule has 0 aliphatic carbocycles. The molecular weight excluding hydrogens is 1260 g/mol. The maximum absolute atomic E-state index is 7.04. The molecule has 0 atom stereocenters. The molecule has 0 unspecified atom stereocenters. The zero-order chi connectivity index (χ0) is 67.7. The fourth-order valence-corrected chi connectivity index (χ4v) is 25.8. The number of ether oxygens (including phenoxy) is 1. The Morgan fingerprint density at radius 1 is 0.337 bits per heavy atom. The largest absolute Gasteiger partial charge is 0.458 e. The van der Waals surface area contributed by atoms with Gasteiger partial charge in [0.05, 0.1) is 33.4 Å². The van der Waals surface area contributed by atoms with E-state index in [-0.39, 0.29) is 5.41 Å². The smallest absolute Gasteiger partial charge is 0.269 e. The molecule has 18 rings (SSSR count). The number of hydrogen-bond acceptors (Lipinski definition) is 2. The minimum atomic E-state index is -3.02. The summed E-state index contributed by atoms with van der Waals surface area (Å²) in [7, 11) is -5.89. The third kappa shape index (κ3) is 10.2. The third-order valence-electron chi connectivity index (χ3n) is 20.9. The number of hydrogen-bond donors (Lipinski definition) is 0. The van der Waals surface area contributed by atoms with Crippen molar-refractivity contribution in [3.8, 4) is 73.2 Å². The maximum Gasteiger partial charge on any atom is 0.269 e. The summed E-state index contributed by atoms with van der Waals surface area (Å²) in [4.78, 5) is 4.98. The molecule has 0 spiro atoms. The minimum absolute atomic E-state index is 0.0534. The molecule has 0 radical (unpaired) electrons. The predicted octanol–water partition coefficient (Wildman–Crippen LogP) is 17.0. The summed E-state index contributed by atoms with van der Waals surface area (Å²) in [5.74, 6) is 2.30. The molecule has 0 fully saturated rings. The average molecular weight is 1330 g/mol. The normalized spacial score (nSPS) is 12.1. The molecule has 5 nitrogen and oxygen atoms in total. The second kappa shape index (κ2) is 24.9. The summed E-state index contributed by atoms with van der Waals surface area (Å²) in [6, 6.07) is 135. The van der Waals surface area contributed by atoms with Gasteiger partial charge in [-0.05, 0) is 146 Å². The molecule has 1 aliphatic rings. The molecule has 101 heavy (non-hydrogen) atoms. The van der Waals surface area contributed by atoms with Gasteiger partial charge in [0.1, 0.15) is 17.3 Å². The fraction of sp³-hybridized carbons (Fsp3) is 0.0426. The topological polar surface area (TPSA) is 35.9 Å². The molecule has 4 heterocycles. The predicted molar refractivity (Wildman–Crippen MR) is 424 cm³/mol. The van der Waals surface area contributed by atoms with Crippen LogP contribution >= 0.6 is 0 Å². The van der Waals surface area contributed by atoms with Crippen LogP contribution in [0.2, 0.25) is 0 Å². The Bertz CT molecular complexity index is 5760. The first-order valence-electron chi connectivity index (χ1n) is 34.8. The van der Waals surface area contributed by atoms with Crippen molar-refractivity contribution in [1.82, 2.24) is 14.1 Å². The van der Waals surface area contributed by atoms with Crippen LogP contribution in [0.25, 0.3) is 94.5 Å². The van der Waals surface area contributed by atoms with Crippen molar-refractivity contribution in [2.75, 3.05) is 0 Å². The fourth-order valence-electron chi connectivity index (χ4n) is 16.3. The van der Waals surface area contributed by atoms with E-state index in [2.05, 4.69) is 405 Å². The summed E-state index contributed by atoms with van der Waals surface area (Å²) in [6.07, 6.45) is 6.05. The zero-order valence-electron chi connectivity index (χ0n) is 56.4. The Labute approximate surface area is 591 Å². The van der Waals surface area contributed by atoms with Crippen LogP contribution in [-0.2, 0) is 5.41 Å². The molecule has 14 aromatic carbocycles. The van der Waals surface area contributed by atoms with Crippen LogP contribution in [0.15, 0.2) is 370 Å². The van der Waals surface area contributed by atoms with E-state index in [1.807, 2.05) is 6.20 Å². The molecule has 0 N–H and O–H groups in total. The van der Waals surface area contributed by atoms with Gasteiger partial charge in [0, 0.05) is 23.0 Å². The van der Waals surface area contributed by atoms with E-state index in [9.17, 15) is 0 Å². The average Bonchev–Trinajstić information content (AvgIpc) is 1.59. The maximum atomic E-state index is 7.04. The van der Waals surface area contributed by atoms with Gasteiger partial charge in [0.2, 0.25) is 0 Å². The molecule has 0 saturated heterocycles. The first kappa shape index (κ1) is 61.1. The van der Waals surface area contributed by atoms with Gasteiger partial charge in [-0.3, -0.25) is 13.7 Å². The van der Waals surface area contributed by atoms with Gasteiger partial charge < -0.3 is 4.74 Å². The highest BCUT2D eigenvalue weighted by molar-refractivity contribution is 7.20. The number of nitrogens with zero attached hydrogens (tertiary/aromatic N) is 4.